The number of ether oxygens (including phenoxy) is 1. The first-order valence-corrected chi connectivity index (χ1v) is 6.68. The third-order valence-electron chi connectivity index (χ3n) is 2.88. The number of fused-ring (bicyclic) bond motifs is 1. The topological polar surface area (TPSA) is 118 Å². The Morgan fingerprint density at radius 1 is 1.45 bits per heavy atom. The van der Waals surface area contributed by atoms with Crippen molar-refractivity contribution in [2.45, 2.75) is 38.8 Å². The van der Waals surface area contributed by atoms with Gasteiger partial charge in [-0.3, -0.25) is 9.78 Å². The van der Waals surface area contributed by atoms with E-state index in [0.29, 0.717) is 11.4 Å². The summed E-state index contributed by atoms with van der Waals surface area (Å²) in [6.45, 7) is 5.16. The van der Waals surface area contributed by atoms with Crippen LogP contribution < -0.4 is 10.6 Å². The van der Waals surface area contributed by atoms with Crippen molar-refractivity contribution in [2.75, 3.05) is 5.32 Å². The second kappa shape index (κ2) is 5.63. The molecule has 1 aromatic heterocycles. The Kier molecular flexibility index (Phi) is 4.03. The molecule has 0 bridgehead atoms. The van der Waals surface area contributed by atoms with Crippen LogP contribution in [-0.2, 0) is 16.0 Å². The average molecular weight is 307 g/mol. The van der Waals surface area contributed by atoms with Crippen molar-refractivity contribution in [2.24, 2.45) is 0 Å². The minimum Gasteiger partial charge on any atom is -0.478 e. The van der Waals surface area contributed by atoms with Crippen molar-refractivity contribution in [3.05, 3.63) is 23.5 Å². The largest absolute Gasteiger partial charge is 0.478 e. The maximum absolute atomic E-state index is 12.0. The highest BCUT2D eigenvalue weighted by Crippen LogP contribution is 2.22. The molecule has 0 fully saturated rings. The van der Waals surface area contributed by atoms with E-state index in [2.05, 4.69) is 15.6 Å². The number of nitrogens with zero attached hydrogens (tertiary/aromatic N) is 1. The standard InChI is InChI=1S/C14H17N3O5/c1-14(2,3)22-13(21)17-10-5-8-9(16-11(10)18)4-7(6-15-8)12(19)20/h4,6,10H,5H2,1-3H3,(H,16,18)(H,17,21)(H,19,20). The molecule has 1 atom stereocenters. The first kappa shape index (κ1) is 15.7. The molecular weight excluding hydrogens is 290 g/mol. The number of carbonyl (C=O) groups is 3. The number of aromatic nitrogens is 1. The van der Waals surface area contributed by atoms with Gasteiger partial charge in [0.25, 0.3) is 0 Å². The molecule has 1 aliphatic rings. The zero-order chi connectivity index (χ0) is 16.5. The summed E-state index contributed by atoms with van der Waals surface area (Å²) in [5, 5.41) is 13.9. The minimum atomic E-state index is -1.13. The summed E-state index contributed by atoms with van der Waals surface area (Å²) in [6.07, 6.45) is 0.682. The Bertz CT molecular complexity index is 636. The van der Waals surface area contributed by atoms with Crippen LogP contribution in [0.5, 0.6) is 0 Å². The third-order valence-corrected chi connectivity index (χ3v) is 2.88. The molecule has 0 aromatic carbocycles. The lowest BCUT2D eigenvalue weighted by molar-refractivity contribution is -0.118. The number of rotatable bonds is 2. The van der Waals surface area contributed by atoms with Gasteiger partial charge in [0.05, 0.1) is 16.9 Å². The first-order valence-electron chi connectivity index (χ1n) is 6.68. The van der Waals surface area contributed by atoms with Gasteiger partial charge in [0.15, 0.2) is 0 Å². The number of nitrogens with one attached hydrogen (secondary N) is 2. The molecule has 8 nitrogen and oxygen atoms in total. The highest BCUT2D eigenvalue weighted by molar-refractivity contribution is 6.00. The summed E-state index contributed by atoms with van der Waals surface area (Å²) in [7, 11) is 0. The molecule has 0 saturated heterocycles. The molecule has 22 heavy (non-hydrogen) atoms. The summed E-state index contributed by atoms with van der Waals surface area (Å²) in [6, 6.07) is 0.525. The Morgan fingerprint density at radius 3 is 2.73 bits per heavy atom. The van der Waals surface area contributed by atoms with Crippen LogP contribution in [0, 0.1) is 0 Å². The van der Waals surface area contributed by atoms with Crippen molar-refractivity contribution >= 4 is 23.7 Å². The molecule has 2 heterocycles. The van der Waals surface area contributed by atoms with Crippen LogP contribution in [0.2, 0.25) is 0 Å². The fourth-order valence-corrected chi connectivity index (χ4v) is 1.95. The van der Waals surface area contributed by atoms with Gasteiger partial charge in [-0.2, -0.15) is 0 Å². The maximum atomic E-state index is 12.0. The lowest BCUT2D eigenvalue weighted by Gasteiger charge is -2.26. The van der Waals surface area contributed by atoms with Crippen LogP contribution >= 0.6 is 0 Å². The highest BCUT2D eigenvalue weighted by Gasteiger charge is 2.30. The van der Waals surface area contributed by atoms with Gasteiger partial charge in [-0.1, -0.05) is 0 Å². The van der Waals surface area contributed by atoms with Crippen LogP contribution in [0.4, 0.5) is 10.5 Å². The second-order valence-corrected chi connectivity index (χ2v) is 5.92. The second-order valence-electron chi connectivity index (χ2n) is 5.92. The molecule has 2 rings (SSSR count). The van der Waals surface area contributed by atoms with Gasteiger partial charge in [-0.05, 0) is 26.8 Å². The third kappa shape index (κ3) is 3.72. The minimum absolute atomic E-state index is 0.0161. The molecule has 3 N–H and O–H groups in total. The Hall–Kier alpha value is -2.64. The van der Waals surface area contributed by atoms with Crippen molar-refractivity contribution < 1.29 is 24.2 Å². The SMILES string of the molecule is CC(C)(C)OC(=O)NC1Cc2ncc(C(=O)O)cc2NC1=O. The average Bonchev–Trinajstić information content (AvgIpc) is 2.36. The number of hydrogen-bond acceptors (Lipinski definition) is 5. The summed E-state index contributed by atoms with van der Waals surface area (Å²) < 4.78 is 5.10. The molecule has 1 aliphatic heterocycles. The van der Waals surface area contributed by atoms with E-state index in [-0.39, 0.29) is 12.0 Å². The predicted octanol–water partition coefficient (Wildman–Crippen LogP) is 1.17. The van der Waals surface area contributed by atoms with Gasteiger partial charge >= 0.3 is 12.1 Å². The van der Waals surface area contributed by atoms with Gasteiger partial charge in [0.2, 0.25) is 5.91 Å². The molecular formula is C14H17N3O5. The van der Waals surface area contributed by atoms with E-state index >= 15 is 0 Å². The summed E-state index contributed by atoms with van der Waals surface area (Å²) in [4.78, 5) is 38.6. The Balaban J connectivity index is 2.11. The molecule has 118 valence electrons. The number of carboxylic acids is 1. The highest BCUT2D eigenvalue weighted by atomic mass is 16.6. The summed E-state index contributed by atoms with van der Waals surface area (Å²) >= 11 is 0. The fourth-order valence-electron chi connectivity index (χ4n) is 1.95. The maximum Gasteiger partial charge on any atom is 0.408 e. The molecule has 0 radical (unpaired) electrons. The van der Waals surface area contributed by atoms with Gasteiger partial charge in [-0.15, -0.1) is 0 Å². The van der Waals surface area contributed by atoms with Crippen LogP contribution in [0.25, 0.3) is 0 Å². The van der Waals surface area contributed by atoms with Crippen molar-refractivity contribution in [1.82, 2.24) is 10.3 Å². The number of hydrogen-bond donors (Lipinski definition) is 3. The van der Waals surface area contributed by atoms with Gasteiger partial charge < -0.3 is 20.5 Å². The molecule has 8 heteroatoms. The van der Waals surface area contributed by atoms with E-state index < -0.39 is 29.6 Å². The van der Waals surface area contributed by atoms with Crippen molar-refractivity contribution in [3.63, 3.8) is 0 Å². The predicted molar refractivity (Wildman–Crippen MR) is 76.7 cm³/mol. The number of alkyl carbamates (subject to hydrolysis) is 1. The number of carbonyl (C=O) groups excluding carboxylic acids is 2. The van der Waals surface area contributed by atoms with Crippen LogP contribution in [0.15, 0.2) is 12.3 Å². The van der Waals surface area contributed by atoms with Gasteiger partial charge in [0, 0.05) is 12.6 Å². The molecule has 1 unspecified atom stereocenters. The van der Waals surface area contributed by atoms with Crippen molar-refractivity contribution in [3.8, 4) is 0 Å². The molecule has 0 spiro atoms. The van der Waals surface area contributed by atoms with Crippen LogP contribution in [-0.4, -0.2) is 39.7 Å². The number of aromatic carboxylic acids is 1. The summed E-state index contributed by atoms with van der Waals surface area (Å²) in [5.74, 6) is -1.57. The summed E-state index contributed by atoms with van der Waals surface area (Å²) in [5.41, 5.74) is 0.164. The normalized spacial score (nSPS) is 17.2. The van der Waals surface area contributed by atoms with Gasteiger partial charge in [0.1, 0.15) is 11.6 Å². The fraction of sp³-hybridized carbons (Fsp3) is 0.429. The Labute approximate surface area is 126 Å². The smallest absolute Gasteiger partial charge is 0.408 e. The van der Waals surface area contributed by atoms with E-state index in [4.69, 9.17) is 9.84 Å². The zero-order valence-corrected chi connectivity index (χ0v) is 12.5. The van der Waals surface area contributed by atoms with Gasteiger partial charge in [-0.25, -0.2) is 9.59 Å². The zero-order valence-electron chi connectivity index (χ0n) is 12.5. The first-order chi connectivity index (χ1) is 10.2. The van der Waals surface area contributed by atoms with Crippen LogP contribution in [0.3, 0.4) is 0 Å². The quantitative estimate of drug-likeness (QED) is 0.755. The monoisotopic (exact) mass is 307 g/mol. The molecule has 0 saturated carbocycles. The van der Waals surface area contributed by atoms with Crippen LogP contribution in [0.1, 0.15) is 36.8 Å². The number of carboxylic acid groups (broad SMARTS) is 1. The molecule has 1 aromatic rings. The molecule has 0 aliphatic carbocycles. The lowest BCUT2D eigenvalue weighted by Crippen LogP contribution is -2.49. The molecule has 2 amide bonds. The van der Waals surface area contributed by atoms with E-state index in [1.54, 1.807) is 20.8 Å². The van der Waals surface area contributed by atoms with E-state index in [0.717, 1.165) is 0 Å². The van der Waals surface area contributed by atoms with E-state index in [1.807, 2.05) is 0 Å². The number of pyridine rings is 1. The Morgan fingerprint density at radius 2 is 2.14 bits per heavy atom. The van der Waals surface area contributed by atoms with Crippen molar-refractivity contribution in [1.29, 1.82) is 0 Å². The van der Waals surface area contributed by atoms with E-state index in [1.165, 1.54) is 12.3 Å². The number of anilines is 1. The number of amides is 2. The van der Waals surface area contributed by atoms with E-state index in [9.17, 15) is 14.4 Å². The lowest BCUT2D eigenvalue weighted by atomic mass is 10.0.